The molecule has 0 bridgehead atoms. The zero-order valence-corrected chi connectivity index (χ0v) is 11.1. The third-order valence-corrected chi connectivity index (χ3v) is 2.39. The molecular formula is C12H13N5O4. The van der Waals surface area contributed by atoms with Gasteiger partial charge in [0.1, 0.15) is 12.1 Å². The van der Waals surface area contributed by atoms with Crippen LogP contribution in [0.15, 0.2) is 30.6 Å². The highest BCUT2D eigenvalue weighted by Gasteiger charge is 2.07. The number of anilines is 2. The van der Waals surface area contributed by atoms with Crippen LogP contribution in [0, 0.1) is 0 Å². The van der Waals surface area contributed by atoms with Crippen molar-refractivity contribution in [2.45, 2.75) is 0 Å². The summed E-state index contributed by atoms with van der Waals surface area (Å²) in [5, 5.41) is 17.4. The van der Waals surface area contributed by atoms with Crippen molar-refractivity contribution in [1.82, 2.24) is 14.8 Å². The molecule has 0 aliphatic rings. The van der Waals surface area contributed by atoms with Gasteiger partial charge in [-0.1, -0.05) is 6.07 Å². The van der Waals surface area contributed by atoms with Gasteiger partial charge >= 0.3 is 12.0 Å². The van der Waals surface area contributed by atoms with Crippen LogP contribution in [-0.2, 0) is 11.8 Å². The predicted molar refractivity (Wildman–Crippen MR) is 73.2 cm³/mol. The van der Waals surface area contributed by atoms with Crippen molar-refractivity contribution >= 4 is 23.6 Å². The molecule has 0 unspecified atom stereocenters. The molecule has 1 aromatic carbocycles. The molecule has 0 saturated heterocycles. The van der Waals surface area contributed by atoms with E-state index in [0.29, 0.717) is 17.4 Å². The van der Waals surface area contributed by atoms with E-state index in [1.165, 1.54) is 17.1 Å². The van der Waals surface area contributed by atoms with E-state index < -0.39 is 18.6 Å². The van der Waals surface area contributed by atoms with Crippen LogP contribution in [0.25, 0.3) is 0 Å². The van der Waals surface area contributed by atoms with E-state index in [1.807, 2.05) is 0 Å². The fourth-order valence-corrected chi connectivity index (χ4v) is 1.48. The minimum absolute atomic E-state index is 0.297. The molecule has 1 aromatic heterocycles. The molecule has 0 aliphatic carbocycles. The molecule has 0 aliphatic heterocycles. The van der Waals surface area contributed by atoms with Crippen molar-refractivity contribution in [2.75, 3.05) is 17.2 Å². The average Bonchev–Trinajstić information content (AvgIpc) is 2.82. The number of hydrogen-bond donors (Lipinski definition) is 3. The molecule has 2 aromatic rings. The number of rotatable bonds is 5. The Morgan fingerprint density at radius 1 is 1.38 bits per heavy atom. The maximum atomic E-state index is 11.8. The number of aromatic nitrogens is 3. The second kappa shape index (κ2) is 6.37. The van der Waals surface area contributed by atoms with Gasteiger partial charge in [-0.3, -0.25) is 5.32 Å². The van der Waals surface area contributed by atoms with Crippen LogP contribution in [0.2, 0.25) is 0 Å². The van der Waals surface area contributed by atoms with Crippen LogP contribution in [0.4, 0.5) is 16.4 Å². The number of amides is 2. The van der Waals surface area contributed by atoms with E-state index >= 15 is 0 Å². The molecular weight excluding hydrogens is 278 g/mol. The molecule has 0 spiro atoms. The van der Waals surface area contributed by atoms with E-state index in [9.17, 15) is 9.59 Å². The Labute approximate surface area is 119 Å². The maximum absolute atomic E-state index is 11.8. The lowest BCUT2D eigenvalue weighted by atomic mass is 10.3. The van der Waals surface area contributed by atoms with Gasteiger partial charge in [0.2, 0.25) is 5.95 Å². The lowest BCUT2D eigenvalue weighted by molar-refractivity contribution is -0.139. The Kier molecular flexibility index (Phi) is 4.34. The Morgan fingerprint density at radius 3 is 2.86 bits per heavy atom. The van der Waals surface area contributed by atoms with Crippen molar-refractivity contribution < 1.29 is 19.4 Å². The Balaban J connectivity index is 1.96. The van der Waals surface area contributed by atoms with Gasteiger partial charge in [0, 0.05) is 18.8 Å². The lowest BCUT2D eigenvalue weighted by Crippen LogP contribution is -2.21. The number of urea groups is 1. The molecule has 9 nitrogen and oxygen atoms in total. The normalized spacial score (nSPS) is 9.95. The van der Waals surface area contributed by atoms with Crippen LogP contribution in [0.5, 0.6) is 5.75 Å². The number of ether oxygens (including phenoxy) is 1. The van der Waals surface area contributed by atoms with Gasteiger partial charge < -0.3 is 15.2 Å². The van der Waals surface area contributed by atoms with E-state index in [1.54, 1.807) is 25.2 Å². The molecule has 1 heterocycles. The summed E-state index contributed by atoms with van der Waals surface area (Å²) in [4.78, 5) is 26.0. The third kappa shape index (κ3) is 4.20. The summed E-state index contributed by atoms with van der Waals surface area (Å²) >= 11 is 0. The van der Waals surface area contributed by atoms with Gasteiger partial charge in [-0.15, -0.1) is 0 Å². The molecule has 2 amide bonds. The topological polar surface area (TPSA) is 118 Å². The van der Waals surface area contributed by atoms with Gasteiger partial charge in [-0.2, -0.15) is 10.1 Å². The molecule has 0 fully saturated rings. The number of nitrogens with zero attached hydrogens (tertiary/aromatic N) is 3. The molecule has 9 heteroatoms. The Hall–Kier alpha value is -3.10. The van der Waals surface area contributed by atoms with Crippen LogP contribution < -0.4 is 15.4 Å². The number of carbonyl (C=O) groups is 2. The summed E-state index contributed by atoms with van der Waals surface area (Å²) in [6.07, 6.45) is 1.32. The molecule has 110 valence electrons. The number of carbonyl (C=O) groups excluding carboxylic acids is 1. The van der Waals surface area contributed by atoms with Gasteiger partial charge in [0.25, 0.3) is 0 Å². The molecule has 21 heavy (non-hydrogen) atoms. The number of aliphatic carboxylic acids is 1. The molecule has 0 atom stereocenters. The Morgan fingerprint density at radius 2 is 2.19 bits per heavy atom. The van der Waals surface area contributed by atoms with Crippen LogP contribution in [0.1, 0.15) is 0 Å². The summed E-state index contributed by atoms with van der Waals surface area (Å²) in [5.74, 6) is -0.437. The van der Waals surface area contributed by atoms with E-state index in [2.05, 4.69) is 20.7 Å². The summed E-state index contributed by atoms with van der Waals surface area (Å²) in [7, 11) is 1.64. The Bertz CT molecular complexity index is 655. The fourth-order valence-electron chi connectivity index (χ4n) is 1.48. The smallest absolute Gasteiger partial charge is 0.341 e. The predicted octanol–water partition coefficient (Wildman–Crippen LogP) is 0.922. The van der Waals surface area contributed by atoms with Crippen molar-refractivity contribution in [3.8, 4) is 5.75 Å². The molecule has 2 rings (SSSR count). The summed E-state index contributed by atoms with van der Waals surface area (Å²) in [5.41, 5.74) is 0.456. The number of carboxylic acid groups (broad SMARTS) is 1. The highest BCUT2D eigenvalue weighted by molar-refractivity contribution is 5.98. The lowest BCUT2D eigenvalue weighted by Gasteiger charge is -2.08. The zero-order valence-electron chi connectivity index (χ0n) is 11.1. The van der Waals surface area contributed by atoms with Crippen molar-refractivity contribution in [3.05, 3.63) is 30.6 Å². The minimum Gasteiger partial charge on any atom is -0.482 e. The quantitative estimate of drug-likeness (QED) is 0.754. The van der Waals surface area contributed by atoms with Crippen molar-refractivity contribution in [3.63, 3.8) is 0 Å². The maximum Gasteiger partial charge on any atom is 0.341 e. The third-order valence-electron chi connectivity index (χ3n) is 2.39. The monoisotopic (exact) mass is 291 g/mol. The van der Waals surface area contributed by atoms with E-state index in [-0.39, 0.29) is 0 Å². The SMILES string of the molecule is Cn1ncnc1NC(=O)Nc1cccc(OCC(=O)O)c1. The summed E-state index contributed by atoms with van der Waals surface area (Å²) < 4.78 is 6.43. The van der Waals surface area contributed by atoms with E-state index in [0.717, 1.165) is 0 Å². The van der Waals surface area contributed by atoms with Crippen LogP contribution in [0.3, 0.4) is 0 Å². The van der Waals surface area contributed by atoms with Gasteiger partial charge in [-0.05, 0) is 12.1 Å². The second-order valence-corrected chi connectivity index (χ2v) is 4.00. The van der Waals surface area contributed by atoms with Gasteiger partial charge in [0.05, 0.1) is 0 Å². The first-order valence-electron chi connectivity index (χ1n) is 5.91. The summed E-state index contributed by atoms with van der Waals surface area (Å²) in [6.45, 7) is -0.450. The number of carboxylic acids is 1. The largest absolute Gasteiger partial charge is 0.482 e. The first-order valence-corrected chi connectivity index (χ1v) is 5.91. The van der Waals surface area contributed by atoms with Crippen LogP contribution in [-0.4, -0.2) is 38.5 Å². The average molecular weight is 291 g/mol. The fraction of sp³-hybridized carbons (Fsp3) is 0.167. The van der Waals surface area contributed by atoms with E-state index in [4.69, 9.17) is 9.84 Å². The highest BCUT2D eigenvalue weighted by atomic mass is 16.5. The minimum atomic E-state index is -1.08. The number of hydrogen-bond acceptors (Lipinski definition) is 5. The first kappa shape index (κ1) is 14.3. The van der Waals surface area contributed by atoms with Gasteiger partial charge in [0.15, 0.2) is 6.61 Å². The van der Waals surface area contributed by atoms with Crippen molar-refractivity contribution in [1.29, 1.82) is 0 Å². The standard InChI is InChI=1S/C12H13N5O4/c1-17-11(13-7-14-17)16-12(20)15-8-3-2-4-9(5-8)21-6-10(18)19/h2-5,7H,6H2,1H3,(H,18,19)(H2,13,14,15,16,20). The molecule has 0 saturated carbocycles. The number of benzene rings is 1. The molecule has 3 N–H and O–H groups in total. The second-order valence-electron chi connectivity index (χ2n) is 4.00. The van der Waals surface area contributed by atoms with Crippen LogP contribution >= 0.6 is 0 Å². The summed E-state index contributed by atoms with van der Waals surface area (Å²) in [6, 6.07) is 5.88. The van der Waals surface area contributed by atoms with Crippen molar-refractivity contribution in [2.24, 2.45) is 7.05 Å². The zero-order chi connectivity index (χ0) is 15.2. The number of nitrogens with one attached hydrogen (secondary N) is 2. The van der Waals surface area contributed by atoms with Gasteiger partial charge in [-0.25, -0.2) is 14.3 Å². The first-order chi connectivity index (χ1) is 10.0. The number of aryl methyl sites for hydroxylation is 1. The molecule has 0 radical (unpaired) electrons. The highest BCUT2D eigenvalue weighted by Crippen LogP contribution is 2.17.